The summed E-state index contributed by atoms with van der Waals surface area (Å²) in [5, 5.41) is 13.7. The number of carbonyl (C=O) groups excluding carboxylic acids is 1. The van der Waals surface area contributed by atoms with E-state index in [1.165, 1.54) is 17.3 Å². The highest BCUT2D eigenvalue weighted by Crippen LogP contribution is 2.24. The van der Waals surface area contributed by atoms with Crippen LogP contribution in [0.15, 0.2) is 64.4 Å². The van der Waals surface area contributed by atoms with E-state index in [-0.39, 0.29) is 11.7 Å². The Morgan fingerprint density at radius 1 is 1.22 bits per heavy atom. The van der Waals surface area contributed by atoms with Crippen LogP contribution in [-0.4, -0.2) is 32.6 Å². The molecule has 0 atom stereocenters. The summed E-state index contributed by atoms with van der Waals surface area (Å²) in [6.45, 7) is 6.29. The first kappa shape index (κ1) is 23.8. The zero-order valence-electron chi connectivity index (χ0n) is 18.5. The van der Waals surface area contributed by atoms with E-state index in [1.807, 2.05) is 42.8 Å². The summed E-state index contributed by atoms with van der Waals surface area (Å²) in [6, 6.07) is 15.8. The van der Waals surface area contributed by atoms with Gasteiger partial charge in [0.25, 0.3) is 5.91 Å². The zero-order valence-corrected chi connectivity index (χ0v) is 20.1. The molecule has 1 heterocycles. The molecule has 0 saturated heterocycles. The normalized spacial score (nSPS) is 12.0. The highest BCUT2D eigenvalue weighted by Gasteiger charge is 2.13. The molecule has 166 valence electrons. The van der Waals surface area contributed by atoms with E-state index in [2.05, 4.69) is 58.8 Å². The van der Waals surface area contributed by atoms with Crippen LogP contribution in [0.25, 0.3) is 17.5 Å². The van der Waals surface area contributed by atoms with Crippen LogP contribution in [0, 0.1) is 0 Å². The Morgan fingerprint density at radius 3 is 2.66 bits per heavy atom. The summed E-state index contributed by atoms with van der Waals surface area (Å²) in [7, 11) is 1.86. The number of benzene rings is 2. The average molecular weight is 468 g/mol. The van der Waals surface area contributed by atoms with Crippen LogP contribution in [0.4, 0.5) is 0 Å². The molecule has 8 heteroatoms. The van der Waals surface area contributed by atoms with Crippen molar-refractivity contribution in [3.8, 4) is 11.4 Å². The molecule has 0 aliphatic heterocycles. The van der Waals surface area contributed by atoms with Gasteiger partial charge in [-0.15, -0.1) is 10.2 Å². The standard InChI is InChI=1S/C24H26ClN5OS/c1-16(2)19-10-8-18(9-11-19)12-17(3)14-26-27-22(31)15-32-24-29-28-23(30(24)4)20-6-5-7-21(25)13-20/h5-14,16H,15H2,1-4H3,(H,27,31)/b17-12+,26-14+. The minimum atomic E-state index is -0.215. The number of rotatable bonds is 8. The first-order valence-corrected chi connectivity index (χ1v) is 11.6. The maximum absolute atomic E-state index is 12.2. The second-order valence-electron chi connectivity index (χ2n) is 7.67. The van der Waals surface area contributed by atoms with E-state index < -0.39 is 0 Å². The van der Waals surface area contributed by atoms with E-state index in [1.54, 1.807) is 12.3 Å². The number of aromatic nitrogens is 3. The number of hydrazone groups is 1. The lowest BCUT2D eigenvalue weighted by Gasteiger charge is -2.05. The first-order chi connectivity index (χ1) is 15.3. The van der Waals surface area contributed by atoms with Crippen LogP contribution in [0.1, 0.15) is 37.8 Å². The fourth-order valence-corrected chi connectivity index (χ4v) is 3.86. The molecule has 0 bridgehead atoms. The van der Waals surface area contributed by atoms with Crippen molar-refractivity contribution in [3.63, 3.8) is 0 Å². The lowest BCUT2D eigenvalue weighted by Crippen LogP contribution is -2.19. The monoisotopic (exact) mass is 467 g/mol. The average Bonchev–Trinajstić information content (AvgIpc) is 3.13. The van der Waals surface area contributed by atoms with Gasteiger partial charge < -0.3 is 4.57 Å². The Labute approximate surface area is 197 Å². The summed E-state index contributed by atoms with van der Waals surface area (Å²) >= 11 is 7.35. The van der Waals surface area contributed by atoms with Gasteiger partial charge in [0.1, 0.15) is 0 Å². The third-order valence-corrected chi connectivity index (χ3v) is 5.96. The van der Waals surface area contributed by atoms with Gasteiger partial charge >= 0.3 is 0 Å². The minimum Gasteiger partial charge on any atom is -0.305 e. The predicted octanol–water partition coefficient (Wildman–Crippen LogP) is 5.56. The first-order valence-electron chi connectivity index (χ1n) is 10.2. The van der Waals surface area contributed by atoms with Crippen LogP contribution < -0.4 is 5.43 Å². The van der Waals surface area contributed by atoms with E-state index >= 15 is 0 Å². The maximum Gasteiger partial charge on any atom is 0.250 e. The van der Waals surface area contributed by atoms with Crippen LogP contribution in [-0.2, 0) is 11.8 Å². The van der Waals surface area contributed by atoms with Crippen molar-refractivity contribution >= 4 is 41.6 Å². The fraction of sp³-hybridized carbons (Fsp3) is 0.250. The fourth-order valence-electron chi connectivity index (χ4n) is 2.97. The lowest BCUT2D eigenvalue weighted by atomic mass is 10.0. The number of hydrogen-bond acceptors (Lipinski definition) is 5. The number of nitrogens with one attached hydrogen (secondary N) is 1. The van der Waals surface area contributed by atoms with Crippen molar-refractivity contribution < 1.29 is 4.79 Å². The molecular weight excluding hydrogens is 442 g/mol. The van der Waals surface area contributed by atoms with Gasteiger partial charge in [0.05, 0.1) is 12.0 Å². The van der Waals surface area contributed by atoms with Crippen LogP contribution in [0.5, 0.6) is 0 Å². The van der Waals surface area contributed by atoms with Crippen molar-refractivity contribution in [1.82, 2.24) is 20.2 Å². The Morgan fingerprint density at radius 2 is 1.97 bits per heavy atom. The number of hydrogen-bond donors (Lipinski definition) is 1. The van der Waals surface area contributed by atoms with Crippen molar-refractivity contribution in [2.24, 2.45) is 12.1 Å². The molecule has 1 N–H and O–H groups in total. The molecule has 1 aromatic heterocycles. The second-order valence-corrected chi connectivity index (χ2v) is 9.05. The molecule has 0 unspecified atom stereocenters. The van der Waals surface area contributed by atoms with Crippen molar-refractivity contribution in [2.75, 3.05) is 5.75 Å². The SMILES string of the molecule is CC(/C=N/NC(=O)CSc1nnc(-c2cccc(Cl)c2)n1C)=C\c1ccc(C(C)C)cc1. The van der Waals surface area contributed by atoms with Gasteiger partial charge in [-0.2, -0.15) is 5.10 Å². The summed E-state index contributed by atoms with van der Waals surface area (Å²) in [5.41, 5.74) is 6.76. The maximum atomic E-state index is 12.2. The summed E-state index contributed by atoms with van der Waals surface area (Å²) in [4.78, 5) is 12.2. The number of carbonyl (C=O) groups is 1. The van der Waals surface area contributed by atoms with Gasteiger partial charge in [0.15, 0.2) is 11.0 Å². The van der Waals surface area contributed by atoms with E-state index in [4.69, 9.17) is 11.6 Å². The van der Waals surface area contributed by atoms with Crippen molar-refractivity contribution in [2.45, 2.75) is 31.8 Å². The van der Waals surface area contributed by atoms with Gasteiger partial charge in [-0.25, -0.2) is 5.43 Å². The van der Waals surface area contributed by atoms with Crippen LogP contribution in [0.3, 0.4) is 0 Å². The summed E-state index contributed by atoms with van der Waals surface area (Å²) < 4.78 is 1.84. The quantitative estimate of drug-likeness (QED) is 0.267. The molecule has 1 amide bonds. The molecular formula is C24H26ClN5OS. The van der Waals surface area contributed by atoms with Gasteiger partial charge in [-0.05, 0) is 41.7 Å². The second kappa shape index (κ2) is 11.1. The minimum absolute atomic E-state index is 0.179. The molecule has 6 nitrogen and oxygen atoms in total. The topological polar surface area (TPSA) is 72.2 Å². The van der Waals surface area contributed by atoms with Gasteiger partial charge in [0, 0.05) is 17.6 Å². The van der Waals surface area contributed by atoms with E-state index in [0.717, 1.165) is 16.7 Å². The number of allylic oxidation sites excluding steroid dienone is 1. The molecule has 0 fully saturated rings. The van der Waals surface area contributed by atoms with Crippen molar-refractivity contribution in [1.29, 1.82) is 0 Å². The molecule has 0 spiro atoms. The third-order valence-electron chi connectivity index (χ3n) is 4.70. The molecule has 0 aliphatic rings. The number of nitrogens with zero attached hydrogens (tertiary/aromatic N) is 4. The molecule has 32 heavy (non-hydrogen) atoms. The van der Waals surface area contributed by atoms with E-state index in [9.17, 15) is 4.79 Å². The van der Waals surface area contributed by atoms with Crippen LogP contribution >= 0.6 is 23.4 Å². The highest BCUT2D eigenvalue weighted by atomic mass is 35.5. The largest absolute Gasteiger partial charge is 0.305 e. The summed E-state index contributed by atoms with van der Waals surface area (Å²) in [5.74, 6) is 1.16. The molecule has 3 aromatic rings. The Hall–Kier alpha value is -2.90. The lowest BCUT2D eigenvalue weighted by molar-refractivity contribution is -0.118. The molecule has 2 aromatic carbocycles. The Bertz CT molecular complexity index is 1140. The molecule has 0 radical (unpaired) electrons. The van der Waals surface area contributed by atoms with E-state index in [0.29, 0.717) is 21.9 Å². The Kier molecular flexibility index (Phi) is 8.25. The third kappa shape index (κ3) is 6.55. The van der Waals surface area contributed by atoms with Gasteiger partial charge in [-0.3, -0.25) is 4.79 Å². The number of halogens is 1. The predicted molar refractivity (Wildman–Crippen MR) is 133 cm³/mol. The molecule has 3 rings (SSSR count). The Balaban J connectivity index is 1.51. The number of amides is 1. The van der Waals surface area contributed by atoms with Crippen molar-refractivity contribution in [3.05, 3.63) is 70.3 Å². The highest BCUT2D eigenvalue weighted by molar-refractivity contribution is 7.99. The van der Waals surface area contributed by atoms with Gasteiger partial charge in [0.2, 0.25) is 0 Å². The van der Waals surface area contributed by atoms with Crippen LogP contribution in [0.2, 0.25) is 5.02 Å². The molecule has 0 aliphatic carbocycles. The zero-order chi connectivity index (χ0) is 23.1. The van der Waals surface area contributed by atoms with Gasteiger partial charge in [-0.1, -0.05) is 79.7 Å². The number of thioether (sulfide) groups is 1. The summed E-state index contributed by atoms with van der Waals surface area (Å²) in [6.07, 6.45) is 3.66. The smallest absolute Gasteiger partial charge is 0.250 e. The molecule has 0 saturated carbocycles.